The molecule has 18 heavy (non-hydrogen) atoms. The van der Waals surface area contributed by atoms with Gasteiger partial charge in [0.15, 0.2) is 0 Å². The lowest BCUT2D eigenvalue weighted by molar-refractivity contribution is 0.0601. The molecule has 1 aromatic carbocycles. The van der Waals surface area contributed by atoms with Crippen LogP contribution in [0.1, 0.15) is 17.3 Å². The average Bonchev–Trinajstić information content (AvgIpc) is 2.26. The number of anilines is 2. The maximum absolute atomic E-state index is 11.9. The van der Waals surface area contributed by atoms with Crippen molar-refractivity contribution in [3.05, 3.63) is 17.7 Å². The van der Waals surface area contributed by atoms with E-state index in [9.17, 15) is 14.3 Å². The molecule has 0 aliphatic heterocycles. The molecule has 0 aliphatic carbocycles. The number of carbonyl (C=O) groups excluding carboxylic acids is 1. The largest absolute Gasteiger partial charge is 0.465 e. The third kappa shape index (κ3) is 2.81. The molecule has 1 unspecified atom stereocenters. The molecule has 0 spiro atoms. The Morgan fingerprint density at radius 1 is 1.39 bits per heavy atom. The molecule has 0 aromatic heterocycles. The second-order valence-electron chi connectivity index (χ2n) is 3.43. The van der Waals surface area contributed by atoms with Crippen molar-refractivity contribution in [2.45, 2.75) is 6.92 Å². The van der Waals surface area contributed by atoms with Crippen molar-refractivity contribution in [3.63, 3.8) is 0 Å². The first kappa shape index (κ1) is 14.5. The van der Waals surface area contributed by atoms with Gasteiger partial charge in [-0.25, -0.2) is 4.79 Å². The molecule has 100 valence electrons. The average molecular weight is 274 g/mol. The number of hydrogen-bond donors (Lipinski definition) is 3. The van der Waals surface area contributed by atoms with Crippen molar-refractivity contribution in [2.24, 2.45) is 0 Å². The van der Waals surface area contributed by atoms with Gasteiger partial charge < -0.3 is 25.6 Å². The van der Waals surface area contributed by atoms with Crippen LogP contribution in [0, 0.1) is 0 Å². The smallest absolute Gasteiger partial charge is 0.362 e. The maximum Gasteiger partial charge on any atom is 0.362 e. The fourth-order valence-corrected chi connectivity index (χ4v) is 2.74. The van der Waals surface area contributed by atoms with E-state index in [2.05, 4.69) is 4.74 Å². The SMILES string of the molecule is CCOP(=O)(O)c1c(N)cc(C(=O)OC)cc1N. The summed E-state index contributed by atoms with van der Waals surface area (Å²) in [7, 11) is -2.87. The van der Waals surface area contributed by atoms with Crippen LogP contribution in [0.15, 0.2) is 12.1 Å². The number of rotatable bonds is 4. The number of esters is 1. The van der Waals surface area contributed by atoms with Crippen LogP contribution >= 0.6 is 7.60 Å². The van der Waals surface area contributed by atoms with Gasteiger partial charge in [0.05, 0.1) is 19.3 Å². The summed E-state index contributed by atoms with van der Waals surface area (Å²) >= 11 is 0. The minimum atomic E-state index is -4.08. The highest BCUT2D eigenvalue weighted by Gasteiger charge is 2.29. The van der Waals surface area contributed by atoms with Crippen LogP contribution in [0.4, 0.5) is 11.4 Å². The molecule has 1 atom stereocenters. The molecule has 5 N–H and O–H groups in total. The van der Waals surface area contributed by atoms with Crippen molar-refractivity contribution in [1.29, 1.82) is 0 Å². The first-order valence-electron chi connectivity index (χ1n) is 5.08. The van der Waals surface area contributed by atoms with Gasteiger partial charge >= 0.3 is 13.6 Å². The molecule has 1 rings (SSSR count). The summed E-state index contributed by atoms with van der Waals surface area (Å²) in [4.78, 5) is 21.0. The first-order chi connectivity index (χ1) is 8.33. The fraction of sp³-hybridized carbons (Fsp3) is 0.300. The molecule has 0 aliphatic rings. The van der Waals surface area contributed by atoms with Gasteiger partial charge in [0.2, 0.25) is 0 Å². The molecule has 0 heterocycles. The molecule has 1 aromatic rings. The van der Waals surface area contributed by atoms with Crippen LogP contribution in [0.25, 0.3) is 0 Å². The second-order valence-corrected chi connectivity index (χ2v) is 5.18. The Hall–Kier alpha value is -1.56. The summed E-state index contributed by atoms with van der Waals surface area (Å²) < 4.78 is 21.1. The van der Waals surface area contributed by atoms with Gasteiger partial charge in [0, 0.05) is 11.4 Å². The highest BCUT2D eigenvalue weighted by molar-refractivity contribution is 7.62. The summed E-state index contributed by atoms with van der Waals surface area (Å²) in [6.45, 7) is 1.60. The zero-order valence-corrected chi connectivity index (χ0v) is 10.9. The van der Waals surface area contributed by atoms with Crippen molar-refractivity contribution in [2.75, 3.05) is 25.2 Å². The number of nitrogens with two attached hydrogens (primary N) is 2. The Morgan fingerprint density at radius 2 is 1.89 bits per heavy atom. The summed E-state index contributed by atoms with van der Waals surface area (Å²) in [5, 5.41) is -0.197. The van der Waals surface area contributed by atoms with E-state index in [4.69, 9.17) is 16.0 Å². The third-order valence-electron chi connectivity index (χ3n) is 2.18. The van der Waals surface area contributed by atoms with Crippen molar-refractivity contribution >= 4 is 30.2 Å². The van der Waals surface area contributed by atoms with E-state index in [0.717, 1.165) is 0 Å². The number of nitrogen functional groups attached to an aromatic ring is 2. The number of ether oxygens (including phenoxy) is 1. The fourth-order valence-electron chi connectivity index (χ4n) is 1.48. The quantitative estimate of drug-likeness (QED) is 0.414. The minimum absolute atomic E-state index is 0.0331. The lowest BCUT2D eigenvalue weighted by atomic mass is 10.2. The Labute approximate surface area is 104 Å². The predicted octanol–water partition coefficient (Wildman–Crippen LogP) is 0.485. The summed E-state index contributed by atoms with van der Waals surface area (Å²) in [5.74, 6) is -0.635. The van der Waals surface area contributed by atoms with E-state index in [-0.39, 0.29) is 28.8 Å². The van der Waals surface area contributed by atoms with E-state index < -0.39 is 13.6 Å². The van der Waals surface area contributed by atoms with Gasteiger partial charge in [-0.2, -0.15) is 0 Å². The Bertz CT molecular complexity index is 494. The maximum atomic E-state index is 11.9. The lowest BCUT2D eigenvalue weighted by Crippen LogP contribution is -2.19. The molecule has 0 radical (unpaired) electrons. The predicted molar refractivity (Wildman–Crippen MR) is 67.7 cm³/mol. The standard InChI is InChI=1S/C10H15N2O5P/c1-3-17-18(14,15)9-7(11)4-6(5-8(9)12)10(13)16-2/h4-5H,3,11-12H2,1-2H3,(H,14,15). The van der Waals surface area contributed by atoms with Crippen molar-refractivity contribution in [3.8, 4) is 0 Å². The van der Waals surface area contributed by atoms with Crippen LogP contribution < -0.4 is 16.8 Å². The van der Waals surface area contributed by atoms with E-state index in [1.54, 1.807) is 6.92 Å². The number of benzene rings is 1. The molecule has 0 saturated heterocycles. The normalized spacial score (nSPS) is 13.9. The van der Waals surface area contributed by atoms with Crippen LogP contribution in [-0.2, 0) is 13.8 Å². The van der Waals surface area contributed by atoms with Gasteiger partial charge in [0.1, 0.15) is 5.30 Å². The van der Waals surface area contributed by atoms with Crippen LogP contribution in [0.2, 0.25) is 0 Å². The molecule has 8 heteroatoms. The van der Waals surface area contributed by atoms with E-state index in [1.807, 2.05) is 0 Å². The summed E-state index contributed by atoms with van der Waals surface area (Å²) in [6, 6.07) is 2.44. The lowest BCUT2D eigenvalue weighted by Gasteiger charge is -2.16. The van der Waals surface area contributed by atoms with Gasteiger partial charge in [-0.15, -0.1) is 0 Å². The number of carbonyl (C=O) groups is 1. The van der Waals surface area contributed by atoms with Crippen LogP contribution in [0.5, 0.6) is 0 Å². The van der Waals surface area contributed by atoms with Crippen LogP contribution in [0.3, 0.4) is 0 Å². The number of hydrogen-bond acceptors (Lipinski definition) is 6. The van der Waals surface area contributed by atoms with Gasteiger partial charge in [-0.05, 0) is 19.1 Å². The van der Waals surface area contributed by atoms with Crippen molar-refractivity contribution in [1.82, 2.24) is 0 Å². The van der Waals surface area contributed by atoms with Gasteiger partial charge in [-0.1, -0.05) is 0 Å². The van der Waals surface area contributed by atoms with Crippen LogP contribution in [-0.4, -0.2) is 24.6 Å². The molecule has 0 fully saturated rings. The monoisotopic (exact) mass is 274 g/mol. The molecular weight excluding hydrogens is 259 g/mol. The highest BCUT2D eigenvalue weighted by atomic mass is 31.2. The molecule has 0 amide bonds. The molecule has 0 bridgehead atoms. The van der Waals surface area contributed by atoms with E-state index in [1.165, 1.54) is 19.2 Å². The molecular formula is C10H15N2O5P. The minimum Gasteiger partial charge on any atom is -0.465 e. The van der Waals surface area contributed by atoms with Crippen molar-refractivity contribution < 1.29 is 23.5 Å². The Morgan fingerprint density at radius 3 is 2.28 bits per heavy atom. The highest BCUT2D eigenvalue weighted by Crippen LogP contribution is 2.44. The van der Waals surface area contributed by atoms with E-state index >= 15 is 0 Å². The van der Waals surface area contributed by atoms with Gasteiger partial charge in [0.25, 0.3) is 0 Å². The number of methoxy groups -OCH3 is 1. The Balaban J connectivity index is 3.33. The first-order valence-corrected chi connectivity index (χ1v) is 6.66. The summed E-state index contributed by atoms with van der Waals surface area (Å²) in [5.41, 5.74) is 11.2. The topological polar surface area (TPSA) is 125 Å². The zero-order valence-electron chi connectivity index (χ0n) is 10.0. The summed E-state index contributed by atoms with van der Waals surface area (Å²) in [6.07, 6.45) is 0. The zero-order chi connectivity index (χ0) is 13.9. The molecule has 0 saturated carbocycles. The second kappa shape index (κ2) is 5.39. The van der Waals surface area contributed by atoms with Gasteiger partial charge in [-0.3, -0.25) is 4.57 Å². The third-order valence-corrected chi connectivity index (χ3v) is 3.87. The molecule has 7 nitrogen and oxygen atoms in total. The Kier molecular flexibility index (Phi) is 4.34. The van der Waals surface area contributed by atoms with E-state index in [0.29, 0.717) is 0 Å².